The smallest absolute Gasteiger partial charge is 0.230 e. The van der Waals surface area contributed by atoms with Crippen molar-refractivity contribution in [2.45, 2.75) is 24.4 Å². The Morgan fingerprint density at radius 3 is 2.62 bits per heavy atom. The summed E-state index contributed by atoms with van der Waals surface area (Å²) in [7, 11) is 0. The van der Waals surface area contributed by atoms with Gasteiger partial charge in [0.25, 0.3) is 0 Å². The van der Waals surface area contributed by atoms with Crippen molar-refractivity contribution in [2.24, 2.45) is 0 Å². The Kier molecular flexibility index (Phi) is 3.51. The number of rotatable bonds is 5. The van der Waals surface area contributed by atoms with Gasteiger partial charge in [0.2, 0.25) is 5.91 Å². The van der Waals surface area contributed by atoms with E-state index in [-0.39, 0.29) is 18.3 Å². The van der Waals surface area contributed by atoms with Crippen molar-refractivity contribution in [3.8, 4) is 0 Å². The lowest BCUT2D eigenvalue weighted by Crippen LogP contribution is -2.37. The zero-order chi connectivity index (χ0) is 14.9. The predicted octanol–water partition coefficient (Wildman–Crippen LogP) is 2.30. The molecule has 1 atom stereocenters. The number of nitrogens with one attached hydrogen (secondary N) is 1. The van der Waals surface area contributed by atoms with Crippen LogP contribution < -0.4 is 5.32 Å². The molecule has 4 nitrogen and oxygen atoms in total. The van der Waals surface area contributed by atoms with Crippen molar-refractivity contribution in [2.75, 3.05) is 6.54 Å². The SMILES string of the molecule is O=C(NC[C@H](O)c1ccoc1)C1(c2ccc(F)cc2)CC1. The van der Waals surface area contributed by atoms with Gasteiger partial charge in [-0.25, -0.2) is 4.39 Å². The lowest BCUT2D eigenvalue weighted by molar-refractivity contribution is -0.124. The minimum absolute atomic E-state index is 0.126. The van der Waals surface area contributed by atoms with Gasteiger partial charge in [-0.2, -0.15) is 0 Å². The monoisotopic (exact) mass is 289 g/mol. The third kappa shape index (κ3) is 2.69. The molecule has 2 aromatic rings. The van der Waals surface area contributed by atoms with Gasteiger partial charge < -0.3 is 14.8 Å². The fourth-order valence-electron chi connectivity index (χ4n) is 2.48. The van der Waals surface area contributed by atoms with E-state index in [4.69, 9.17) is 4.42 Å². The summed E-state index contributed by atoms with van der Waals surface area (Å²) in [4.78, 5) is 12.3. The summed E-state index contributed by atoms with van der Waals surface area (Å²) in [5, 5.41) is 12.7. The summed E-state index contributed by atoms with van der Waals surface area (Å²) >= 11 is 0. The standard InChI is InChI=1S/C16H16FNO3/c17-13-3-1-12(2-4-13)16(6-7-16)15(20)18-9-14(19)11-5-8-21-10-11/h1-5,8,10,14,19H,6-7,9H2,(H,18,20)/t14-/m0/s1. The maximum atomic E-state index is 13.0. The number of aliphatic hydroxyl groups excluding tert-OH is 1. The third-order valence-corrected chi connectivity index (χ3v) is 3.97. The second-order valence-electron chi connectivity index (χ2n) is 5.37. The largest absolute Gasteiger partial charge is 0.472 e. The van der Waals surface area contributed by atoms with Crippen molar-refractivity contribution in [1.29, 1.82) is 0 Å². The van der Waals surface area contributed by atoms with Crippen molar-refractivity contribution >= 4 is 5.91 Å². The summed E-state index contributed by atoms with van der Waals surface area (Å²) < 4.78 is 17.9. The van der Waals surface area contributed by atoms with Crippen LogP contribution in [0.2, 0.25) is 0 Å². The van der Waals surface area contributed by atoms with Crippen LogP contribution in [0.25, 0.3) is 0 Å². The normalized spacial score (nSPS) is 17.2. The van der Waals surface area contributed by atoms with Crippen LogP contribution in [-0.4, -0.2) is 17.6 Å². The molecule has 0 unspecified atom stereocenters. The molecule has 5 heteroatoms. The van der Waals surface area contributed by atoms with Gasteiger partial charge in [0, 0.05) is 12.1 Å². The second-order valence-corrected chi connectivity index (χ2v) is 5.37. The Balaban J connectivity index is 1.64. The van der Waals surface area contributed by atoms with E-state index in [1.165, 1.54) is 24.7 Å². The van der Waals surface area contributed by atoms with Crippen molar-refractivity contribution < 1.29 is 18.7 Å². The highest BCUT2D eigenvalue weighted by atomic mass is 19.1. The average Bonchev–Trinajstić information content (AvgIpc) is 3.11. The quantitative estimate of drug-likeness (QED) is 0.888. The van der Waals surface area contributed by atoms with Gasteiger partial charge in [-0.3, -0.25) is 4.79 Å². The minimum Gasteiger partial charge on any atom is -0.472 e. The number of carbonyl (C=O) groups is 1. The van der Waals surface area contributed by atoms with E-state index < -0.39 is 11.5 Å². The molecule has 0 saturated heterocycles. The second kappa shape index (κ2) is 5.33. The number of hydrogen-bond donors (Lipinski definition) is 2. The topological polar surface area (TPSA) is 62.5 Å². The van der Waals surface area contributed by atoms with Crippen LogP contribution >= 0.6 is 0 Å². The van der Waals surface area contributed by atoms with Gasteiger partial charge in [0.15, 0.2) is 0 Å². The minimum atomic E-state index is -0.795. The van der Waals surface area contributed by atoms with Crippen LogP contribution in [0, 0.1) is 5.82 Å². The Hall–Kier alpha value is -2.14. The van der Waals surface area contributed by atoms with Gasteiger partial charge in [0.05, 0.1) is 24.0 Å². The molecule has 1 fully saturated rings. The van der Waals surface area contributed by atoms with Gasteiger partial charge in [-0.05, 0) is 36.6 Å². The molecule has 1 aromatic carbocycles. The molecule has 1 aliphatic rings. The van der Waals surface area contributed by atoms with E-state index in [2.05, 4.69) is 5.32 Å². The first-order valence-electron chi connectivity index (χ1n) is 6.86. The number of furan rings is 1. The van der Waals surface area contributed by atoms with Gasteiger partial charge >= 0.3 is 0 Å². The molecule has 1 heterocycles. The van der Waals surface area contributed by atoms with Gasteiger partial charge in [0.1, 0.15) is 5.82 Å². The highest BCUT2D eigenvalue weighted by molar-refractivity contribution is 5.91. The third-order valence-electron chi connectivity index (χ3n) is 3.97. The van der Waals surface area contributed by atoms with Crippen LogP contribution in [0.4, 0.5) is 4.39 Å². The molecule has 21 heavy (non-hydrogen) atoms. The van der Waals surface area contributed by atoms with Gasteiger partial charge in [-0.15, -0.1) is 0 Å². The molecule has 3 rings (SSSR count). The molecule has 0 aliphatic heterocycles. The number of carbonyl (C=O) groups excluding carboxylic acids is 1. The Labute approximate surface area is 121 Å². The van der Waals surface area contributed by atoms with E-state index in [0.717, 1.165) is 18.4 Å². The number of hydrogen-bond acceptors (Lipinski definition) is 3. The molecule has 1 aliphatic carbocycles. The van der Waals surface area contributed by atoms with Crippen LogP contribution in [0.1, 0.15) is 30.1 Å². The maximum absolute atomic E-state index is 13.0. The van der Waals surface area contributed by atoms with Crippen molar-refractivity contribution in [3.63, 3.8) is 0 Å². The molecule has 1 saturated carbocycles. The van der Waals surface area contributed by atoms with Crippen LogP contribution in [0.3, 0.4) is 0 Å². The summed E-state index contributed by atoms with van der Waals surface area (Å²) in [6, 6.07) is 7.68. The van der Waals surface area contributed by atoms with Crippen LogP contribution in [0.5, 0.6) is 0 Å². The lowest BCUT2D eigenvalue weighted by atomic mass is 9.95. The van der Waals surface area contributed by atoms with E-state index in [9.17, 15) is 14.3 Å². The number of amides is 1. The molecular weight excluding hydrogens is 273 g/mol. The molecular formula is C16H16FNO3. The fourth-order valence-corrected chi connectivity index (χ4v) is 2.48. The molecule has 1 aromatic heterocycles. The zero-order valence-corrected chi connectivity index (χ0v) is 11.4. The average molecular weight is 289 g/mol. The van der Waals surface area contributed by atoms with E-state index in [1.807, 2.05) is 0 Å². The molecule has 0 spiro atoms. The molecule has 1 amide bonds. The van der Waals surface area contributed by atoms with Crippen LogP contribution in [0.15, 0.2) is 47.3 Å². The Morgan fingerprint density at radius 1 is 1.33 bits per heavy atom. The Morgan fingerprint density at radius 2 is 2.05 bits per heavy atom. The molecule has 0 radical (unpaired) electrons. The summed E-state index contributed by atoms with van der Waals surface area (Å²) in [5.74, 6) is -0.443. The molecule has 0 bridgehead atoms. The number of halogens is 1. The van der Waals surface area contributed by atoms with E-state index in [0.29, 0.717) is 5.56 Å². The van der Waals surface area contributed by atoms with Gasteiger partial charge in [-0.1, -0.05) is 12.1 Å². The first-order chi connectivity index (χ1) is 10.1. The summed E-state index contributed by atoms with van der Waals surface area (Å²) in [6.45, 7) is 0.126. The Bertz CT molecular complexity index is 617. The maximum Gasteiger partial charge on any atom is 0.230 e. The van der Waals surface area contributed by atoms with Crippen molar-refractivity contribution in [3.05, 3.63) is 59.8 Å². The van der Waals surface area contributed by atoms with E-state index >= 15 is 0 Å². The van der Waals surface area contributed by atoms with Crippen molar-refractivity contribution in [1.82, 2.24) is 5.32 Å². The van der Waals surface area contributed by atoms with Crippen LogP contribution in [-0.2, 0) is 10.2 Å². The summed E-state index contributed by atoms with van der Waals surface area (Å²) in [6.07, 6.45) is 3.61. The molecule has 2 N–H and O–H groups in total. The number of benzene rings is 1. The highest BCUT2D eigenvalue weighted by Gasteiger charge is 2.51. The van der Waals surface area contributed by atoms with E-state index in [1.54, 1.807) is 18.2 Å². The number of aliphatic hydroxyl groups is 1. The highest BCUT2D eigenvalue weighted by Crippen LogP contribution is 2.48. The first kappa shape index (κ1) is 13.8. The fraction of sp³-hybridized carbons (Fsp3) is 0.312. The zero-order valence-electron chi connectivity index (χ0n) is 11.4. The molecule has 110 valence electrons. The predicted molar refractivity (Wildman–Crippen MR) is 74.0 cm³/mol. The summed E-state index contributed by atoms with van der Waals surface area (Å²) in [5.41, 5.74) is 0.880. The first-order valence-corrected chi connectivity index (χ1v) is 6.86. The lowest BCUT2D eigenvalue weighted by Gasteiger charge is -2.17.